The number of hydroxylamine groups is 2. The lowest BCUT2D eigenvalue weighted by Gasteiger charge is -2.52. The average molecular weight is 296 g/mol. The fourth-order valence-corrected chi connectivity index (χ4v) is 3.59. The van der Waals surface area contributed by atoms with Crippen LogP contribution in [0.15, 0.2) is 12.2 Å². The van der Waals surface area contributed by atoms with E-state index in [-0.39, 0.29) is 17.2 Å². The van der Waals surface area contributed by atoms with Crippen LogP contribution in [0.2, 0.25) is 0 Å². The molecule has 0 amide bonds. The van der Waals surface area contributed by atoms with E-state index >= 15 is 0 Å². The van der Waals surface area contributed by atoms with Crippen molar-refractivity contribution >= 4 is 0 Å². The predicted octanol–water partition coefficient (Wildman–Crippen LogP) is 5.88. The van der Waals surface area contributed by atoms with Crippen molar-refractivity contribution in [1.82, 2.24) is 5.06 Å². The first-order chi connectivity index (χ1) is 9.74. The zero-order valence-electron chi connectivity index (χ0n) is 15.3. The Hall–Kier alpha value is -0.340. The molecule has 0 saturated carbocycles. The molecule has 0 aliphatic carbocycles. The second kappa shape index (κ2) is 7.78. The summed E-state index contributed by atoms with van der Waals surface area (Å²) in [6.07, 6.45) is 9.75. The molecule has 1 saturated heterocycles. The van der Waals surface area contributed by atoms with Crippen LogP contribution in [0.3, 0.4) is 0 Å². The summed E-state index contributed by atoms with van der Waals surface area (Å²) in [5.41, 5.74) is 1.49. The number of rotatable bonds is 8. The van der Waals surface area contributed by atoms with Crippen LogP contribution in [0.25, 0.3) is 0 Å². The molecule has 21 heavy (non-hydrogen) atoms. The van der Waals surface area contributed by atoms with Gasteiger partial charge in [-0.3, -0.25) is 4.84 Å². The maximum absolute atomic E-state index is 6.50. The van der Waals surface area contributed by atoms with Gasteiger partial charge < -0.3 is 0 Å². The molecule has 1 aliphatic heterocycles. The molecule has 1 fully saturated rings. The molecule has 1 rings (SSSR count). The summed E-state index contributed by atoms with van der Waals surface area (Å²) >= 11 is 0. The number of hydrogen-bond donors (Lipinski definition) is 0. The van der Waals surface area contributed by atoms with E-state index in [4.69, 9.17) is 4.84 Å². The zero-order valence-corrected chi connectivity index (χ0v) is 15.3. The average Bonchev–Trinajstić information content (AvgIpc) is 2.37. The molecule has 0 bridgehead atoms. The summed E-state index contributed by atoms with van der Waals surface area (Å²) in [5, 5.41) is 2.28. The Bertz CT molecular complexity index is 316. The van der Waals surface area contributed by atoms with Gasteiger partial charge in [-0.05, 0) is 71.8 Å². The van der Waals surface area contributed by atoms with Gasteiger partial charge in [-0.1, -0.05) is 33.3 Å². The van der Waals surface area contributed by atoms with Crippen LogP contribution >= 0.6 is 0 Å². The lowest BCUT2D eigenvalue weighted by molar-refractivity contribution is -0.298. The smallest absolute Gasteiger partial charge is 0.0998 e. The molecule has 1 aliphatic rings. The maximum Gasteiger partial charge on any atom is 0.0998 e. The maximum atomic E-state index is 6.50. The Morgan fingerprint density at radius 3 is 2.14 bits per heavy atom. The number of hydrogen-bond acceptors (Lipinski definition) is 2. The highest BCUT2D eigenvalue weighted by atomic mass is 16.7. The highest BCUT2D eigenvalue weighted by Gasteiger charge is 2.43. The molecule has 0 radical (unpaired) electrons. The second-order valence-corrected chi connectivity index (χ2v) is 7.89. The van der Waals surface area contributed by atoms with Crippen LogP contribution in [-0.2, 0) is 4.84 Å². The summed E-state index contributed by atoms with van der Waals surface area (Å²) in [6.45, 7) is 18.0. The molecule has 0 N–H and O–H groups in total. The minimum absolute atomic E-state index is 0.110. The van der Waals surface area contributed by atoms with Gasteiger partial charge in [0.15, 0.2) is 0 Å². The van der Waals surface area contributed by atoms with Gasteiger partial charge in [0.1, 0.15) is 0 Å². The molecule has 1 heterocycles. The van der Waals surface area contributed by atoms with Crippen molar-refractivity contribution < 1.29 is 4.84 Å². The third kappa shape index (κ3) is 5.10. The van der Waals surface area contributed by atoms with Crippen molar-refractivity contribution in [3.63, 3.8) is 0 Å². The Kier molecular flexibility index (Phi) is 6.93. The van der Waals surface area contributed by atoms with E-state index in [0.29, 0.717) is 0 Å². The minimum Gasteiger partial charge on any atom is -0.290 e. The van der Waals surface area contributed by atoms with E-state index in [1.54, 1.807) is 0 Å². The monoisotopic (exact) mass is 295 g/mol. The van der Waals surface area contributed by atoms with Crippen molar-refractivity contribution in [2.24, 2.45) is 0 Å². The minimum atomic E-state index is 0.110. The molecular formula is C19H37NO. The van der Waals surface area contributed by atoms with Crippen LogP contribution in [0.1, 0.15) is 92.9 Å². The topological polar surface area (TPSA) is 12.5 Å². The molecule has 0 aromatic carbocycles. The van der Waals surface area contributed by atoms with Gasteiger partial charge in [-0.2, -0.15) is 5.06 Å². The standard InChI is InChI=1S/C19H37NO/c1-8-10-11-13-16(3)17(9-2)21-20-18(4,5)14-12-15-19(20,6)7/h17H,3,8-15H2,1-2,4-7H3. The predicted molar refractivity (Wildman–Crippen MR) is 92.3 cm³/mol. The van der Waals surface area contributed by atoms with Crippen molar-refractivity contribution in [3.8, 4) is 0 Å². The van der Waals surface area contributed by atoms with Crippen molar-refractivity contribution in [1.29, 1.82) is 0 Å². The molecular weight excluding hydrogens is 258 g/mol. The third-order valence-corrected chi connectivity index (χ3v) is 4.84. The quantitative estimate of drug-likeness (QED) is 0.410. The van der Waals surface area contributed by atoms with Crippen LogP contribution in [-0.4, -0.2) is 22.2 Å². The van der Waals surface area contributed by atoms with E-state index in [0.717, 1.165) is 12.8 Å². The van der Waals surface area contributed by atoms with E-state index in [1.807, 2.05) is 0 Å². The molecule has 124 valence electrons. The summed E-state index contributed by atoms with van der Waals surface area (Å²) in [6, 6.07) is 0. The summed E-state index contributed by atoms with van der Waals surface area (Å²) in [4.78, 5) is 6.50. The largest absolute Gasteiger partial charge is 0.290 e. The van der Waals surface area contributed by atoms with Gasteiger partial charge in [0.2, 0.25) is 0 Å². The molecule has 0 aromatic rings. The molecule has 0 spiro atoms. The molecule has 2 heteroatoms. The molecule has 1 atom stereocenters. The van der Waals surface area contributed by atoms with E-state index in [9.17, 15) is 0 Å². The molecule has 2 nitrogen and oxygen atoms in total. The summed E-state index contributed by atoms with van der Waals surface area (Å²) in [7, 11) is 0. The van der Waals surface area contributed by atoms with Crippen LogP contribution in [0, 0.1) is 0 Å². The summed E-state index contributed by atoms with van der Waals surface area (Å²) in [5.74, 6) is 0. The van der Waals surface area contributed by atoms with E-state index in [1.165, 1.54) is 44.1 Å². The Balaban J connectivity index is 2.71. The SMILES string of the molecule is C=C(CCCCC)C(CC)ON1C(C)(C)CCCC1(C)C. The third-order valence-electron chi connectivity index (χ3n) is 4.84. The fraction of sp³-hybridized carbons (Fsp3) is 0.895. The number of piperidine rings is 1. The van der Waals surface area contributed by atoms with Gasteiger partial charge in [0.05, 0.1) is 6.10 Å². The number of unbranched alkanes of at least 4 members (excludes halogenated alkanes) is 2. The van der Waals surface area contributed by atoms with Gasteiger partial charge in [-0.25, -0.2) is 0 Å². The van der Waals surface area contributed by atoms with Crippen molar-refractivity contribution in [3.05, 3.63) is 12.2 Å². The normalized spacial score (nSPS) is 23.0. The Morgan fingerprint density at radius 2 is 1.67 bits per heavy atom. The number of nitrogens with zero attached hydrogens (tertiary/aromatic N) is 1. The highest BCUT2D eigenvalue weighted by Crippen LogP contribution is 2.39. The van der Waals surface area contributed by atoms with Gasteiger partial charge >= 0.3 is 0 Å². The van der Waals surface area contributed by atoms with Crippen LogP contribution in [0.4, 0.5) is 0 Å². The first-order valence-corrected chi connectivity index (χ1v) is 8.89. The molecule has 1 unspecified atom stereocenters. The lowest BCUT2D eigenvalue weighted by atomic mass is 9.82. The second-order valence-electron chi connectivity index (χ2n) is 7.89. The Morgan fingerprint density at radius 1 is 1.10 bits per heavy atom. The first-order valence-electron chi connectivity index (χ1n) is 8.89. The lowest BCUT2D eigenvalue weighted by Crippen LogP contribution is -2.59. The van der Waals surface area contributed by atoms with Crippen LogP contribution in [0.5, 0.6) is 0 Å². The molecule has 0 aromatic heterocycles. The zero-order chi connectivity index (χ0) is 16.1. The van der Waals surface area contributed by atoms with Gasteiger partial charge in [0, 0.05) is 11.1 Å². The fourth-order valence-electron chi connectivity index (χ4n) is 3.59. The van der Waals surface area contributed by atoms with E-state index < -0.39 is 0 Å². The van der Waals surface area contributed by atoms with Crippen molar-refractivity contribution in [2.45, 2.75) is 110 Å². The van der Waals surface area contributed by atoms with Gasteiger partial charge in [-0.15, -0.1) is 0 Å². The highest BCUT2D eigenvalue weighted by molar-refractivity contribution is 5.03. The van der Waals surface area contributed by atoms with Gasteiger partial charge in [0.25, 0.3) is 0 Å². The van der Waals surface area contributed by atoms with E-state index in [2.05, 4.69) is 53.2 Å². The van der Waals surface area contributed by atoms with Crippen molar-refractivity contribution in [2.75, 3.05) is 0 Å². The summed E-state index contributed by atoms with van der Waals surface area (Å²) < 4.78 is 0. The van der Waals surface area contributed by atoms with Crippen LogP contribution < -0.4 is 0 Å². The Labute approximate surface area is 132 Å². The first kappa shape index (κ1) is 18.7.